The summed E-state index contributed by atoms with van der Waals surface area (Å²) in [5.41, 5.74) is 2.31. The fourth-order valence-electron chi connectivity index (χ4n) is 3.15. The molecule has 6 nitrogen and oxygen atoms in total. The molecule has 0 bridgehead atoms. The monoisotopic (exact) mass is 310 g/mol. The number of nitrogens with zero attached hydrogens (tertiary/aromatic N) is 6. The maximum Gasteiger partial charge on any atom is 0.225 e. The van der Waals surface area contributed by atoms with Crippen LogP contribution in [-0.4, -0.2) is 46.1 Å². The van der Waals surface area contributed by atoms with Crippen molar-refractivity contribution in [1.82, 2.24) is 19.9 Å². The summed E-state index contributed by atoms with van der Waals surface area (Å²) in [5.74, 6) is 2.54. The van der Waals surface area contributed by atoms with Crippen molar-refractivity contribution in [3.05, 3.63) is 36.0 Å². The van der Waals surface area contributed by atoms with Crippen LogP contribution in [0, 0.1) is 6.92 Å². The molecule has 6 heteroatoms. The van der Waals surface area contributed by atoms with Gasteiger partial charge in [0.2, 0.25) is 5.95 Å². The molecule has 2 aromatic rings. The van der Waals surface area contributed by atoms with Crippen LogP contribution in [-0.2, 0) is 0 Å². The van der Waals surface area contributed by atoms with E-state index in [9.17, 15) is 0 Å². The van der Waals surface area contributed by atoms with E-state index < -0.39 is 0 Å². The summed E-state index contributed by atoms with van der Waals surface area (Å²) in [6.45, 7) is 5.74. The first-order valence-corrected chi connectivity index (χ1v) is 8.40. The quantitative estimate of drug-likeness (QED) is 0.866. The second-order valence-corrected chi connectivity index (χ2v) is 6.46. The number of aryl methyl sites for hydroxylation is 1. The molecule has 0 amide bonds. The Morgan fingerprint density at radius 3 is 2.26 bits per heavy atom. The fourth-order valence-corrected chi connectivity index (χ4v) is 3.15. The lowest BCUT2D eigenvalue weighted by atomic mass is 9.83. The topological polar surface area (TPSA) is 58.0 Å². The van der Waals surface area contributed by atoms with Gasteiger partial charge in [-0.3, -0.25) is 0 Å². The van der Waals surface area contributed by atoms with Crippen LogP contribution < -0.4 is 9.80 Å². The molecule has 1 aliphatic heterocycles. The molecule has 2 aromatic heterocycles. The SMILES string of the molecule is Cc1cnc(N2CCN(c3cc(C4CCC4)ncn3)CC2)nc1. The lowest BCUT2D eigenvalue weighted by molar-refractivity contribution is 0.410. The molecule has 23 heavy (non-hydrogen) atoms. The summed E-state index contributed by atoms with van der Waals surface area (Å²) in [4.78, 5) is 22.4. The number of hydrogen-bond acceptors (Lipinski definition) is 6. The van der Waals surface area contributed by atoms with Crippen molar-refractivity contribution in [1.29, 1.82) is 0 Å². The molecule has 1 saturated heterocycles. The molecule has 2 fully saturated rings. The smallest absolute Gasteiger partial charge is 0.225 e. The molecule has 0 radical (unpaired) electrons. The number of anilines is 2. The van der Waals surface area contributed by atoms with Crippen LogP contribution in [0.3, 0.4) is 0 Å². The standard InChI is InChI=1S/C17H22N6/c1-13-10-18-17(19-11-13)23-7-5-22(6-8-23)16-9-15(20-12-21-16)14-3-2-4-14/h9-12,14H,2-8H2,1H3. The zero-order chi connectivity index (χ0) is 15.6. The zero-order valence-electron chi connectivity index (χ0n) is 13.5. The summed E-state index contributed by atoms with van der Waals surface area (Å²) < 4.78 is 0. The van der Waals surface area contributed by atoms with Crippen molar-refractivity contribution in [3.8, 4) is 0 Å². The Bertz CT molecular complexity index is 659. The highest BCUT2D eigenvalue weighted by Crippen LogP contribution is 2.35. The van der Waals surface area contributed by atoms with Crippen LogP contribution in [0.4, 0.5) is 11.8 Å². The van der Waals surface area contributed by atoms with Crippen molar-refractivity contribution < 1.29 is 0 Å². The Balaban J connectivity index is 1.42. The Morgan fingerprint density at radius 2 is 1.61 bits per heavy atom. The van der Waals surface area contributed by atoms with Crippen LogP contribution in [0.1, 0.15) is 36.4 Å². The normalized spacial score (nSPS) is 18.8. The van der Waals surface area contributed by atoms with Crippen molar-refractivity contribution >= 4 is 11.8 Å². The minimum atomic E-state index is 0.652. The summed E-state index contributed by atoms with van der Waals surface area (Å²) in [6, 6.07) is 2.18. The van der Waals surface area contributed by atoms with Crippen LogP contribution in [0.15, 0.2) is 24.8 Å². The highest BCUT2D eigenvalue weighted by molar-refractivity contribution is 5.43. The molecule has 0 atom stereocenters. The maximum absolute atomic E-state index is 4.48. The summed E-state index contributed by atoms with van der Waals surface area (Å²) in [6.07, 6.45) is 9.36. The molecular weight excluding hydrogens is 288 g/mol. The highest BCUT2D eigenvalue weighted by Gasteiger charge is 2.24. The summed E-state index contributed by atoms with van der Waals surface area (Å²) in [7, 11) is 0. The average Bonchev–Trinajstić information content (AvgIpc) is 2.55. The van der Waals surface area contributed by atoms with Gasteiger partial charge in [-0.05, 0) is 25.3 Å². The van der Waals surface area contributed by atoms with Gasteiger partial charge in [0.15, 0.2) is 0 Å². The van der Waals surface area contributed by atoms with E-state index >= 15 is 0 Å². The van der Waals surface area contributed by atoms with Crippen LogP contribution in [0.2, 0.25) is 0 Å². The third-order valence-electron chi connectivity index (χ3n) is 4.85. The van der Waals surface area contributed by atoms with E-state index in [0.29, 0.717) is 5.92 Å². The molecule has 0 aromatic carbocycles. The molecule has 1 saturated carbocycles. The first-order valence-electron chi connectivity index (χ1n) is 8.40. The van der Waals surface area contributed by atoms with Crippen molar-refractivity contribution in [2.75, 3.05) is 36.0 Å². The Hall–Kier alpha value is -2.24. The van der Waals surface area contributed by atoms with Crippen LogP contribution >= 0.6 is 0 Å². The van der Waals surface area contributed by atoms with Crippen molar-refractivity contribution in [2.45, 2.75) is 32.1 Å². The van der Waals surface area contributed by atoms with E-state index in [-0.39, 0.29) is 0 Å². The van der Waals surface area contributed by atoms with E-state index in [0.717, 1.165) is 43.5 Å². The maximum atomic E-state index is 4.48. The van der Waals surface area contributed by atoms with Gasteiger partial charge in [-0.25, -0.2) is 19.9 Å². The van der Waals surface area contributed by atoms with Gasteiger partial charge in [0.05, 0.1) is 0 Å². The average molecular weight is 310 g/mol. The molecule has 1 aliphatic carbocycles. The number of aromatic nitrogens is 4. The molecule has 120 valence electrons. The van der Waals surface area contributed by atoms with E-state index in [4.69, 9.17) is 0 Å². The molecule has 3 heterocycles. The van der Waals surface area contributed by atoms with E-state index in [1.165, 1.54) is 25.0 Å². The first kappa shape index (κ1) is 14.4. The van der Waals surface area contributed by atoms with Gasteiger partial charge in [-0.2, -0.15) is 0 Å². The molecule has 0 unspecified atom stereocenters. The number of rotatable bonds is 3. The van der Waals surface area contributed by atoms with Gasteiger partial charge in [0.1, 0.15) is 12.1 Å². The van der Waals surface area contributed by atoms with Gasteiger partial charge in [0.25, 0.3) is 0 Å². The van der Waals surface area contributed by atoms with Crippen molar-refractivity contribution in [2.24, 2.45) is 0 Å². The van der Waals surface area contributed by atoms with E-state index in [2.05, 4.69) is 35.8 Å². The fraction of sp³-hybridized carbons (Fsp3) is 0.529. The van der Waals surface area contributed by atoms with Crippen LogP contribution in [0.25, 0.3) is 0 Å². The third kappa shape index (κ3) is 2.98. The molecule has 0 spiro atoms. The molecule has 2 aliphatic rings. The Morgan fingerprint density at radius 1 is 0.913 bits per heavy atom. The van der Waals surface area contributed by atoms with Crippen molar-refractivity contribution in [3.63, 3.8) is 0 Å². The Labute approximate surface area is 136 Å². The minimum absolute atomic E-state index is 0.652. The van der Waals surface area contributed by atoms with Gasteiger partial charge < -0.3 is 9.80 Å². The second kappa shape index (κ2) is 6.10. The van der Waals surface area contributed by atoms with E-state index in [1.54, 1.807) is 6.33 Å². The van der Waals surface area contributed by atoms with E-state index in [1.807, 2.05) is 19.3 Å². The second-order valence-electron chi connectivity index (χ2n) is 6.46. The molecule has 0 N–H and O–H groups in total. The zero-order valence-corrected chi connectivity index (χ0v) is 13.5. The minimum Gasteiger partial charge on any atom is -0.353 e. The molecular formula is C17H22N6. The van der Waals surface area contributed by atoms with Gasteiger partial charge >= 0.3 is 0 Å². The van der Waals surface area contributed by atoms with Crippen LogP contribution in [0.5, 0.6) is 0 Å². The first-order chi connectivity index (χ1) is 11.3. The number of hydrogen-bond donors (Lipinski definition) is 0. The summed E-state index contributed by atoms with van der Waals surface area (Å²) in [5, 5.41) is 0. The molecule has 4 rings (SSSR count). The predicted octanol–water partition coefficient (Wildman–Crippen LogP) is 2.17. The third-order valence-corrected chi connectivity index (χ3v) is 4.85. The lowest BCUT2D eigenvalue weighted by Gasteiger charge is -2.35. The summed E-state index contributed by atoms with van der Waals surface area (Å²) >= 11 is 0. The Kier molecular flexibility index (Phi) is 3.81. The van der Waals surface area contributed by atoms with Gasteiger partial charge in [0, 0.05) is 56.3 Å². The number of piperazine rings is 1. The lowest BCUT2D eigenvalue weighted by Crippen LogP contribution is -2.47. The highest BCUT2D eigenvalue weighted by atomic mass is 15.3. The van der Waals surface area contributed by atoms with Gasteiger partial charge in [-0.15, -0.1) is 0 Å². The largest absolute Gasteiger partial charge is 0.353 e. The van der Waals surface area contributed by atoms with Gasteiger partial charge in [-0.1, -0.05) is 6.42 Å². The predicted molar refractivity (Wildman–Crippen MR) is 89.8 cm³/mol.